The molecule has 1 aromatic heterocycles. The third-order valence-electron chi connectivity index (χ3n) is 6.03. The van der Waals surface area contributed by atoms with Crippen LogP contribution in [0.15, 0.2) is 36.4 Å². The first kappa shape index (κ1) is 22.2. The molecular weight excluding hydrogens is 432 g/mol. The molecule has 0 radical (unpaired) electrons. The average Bonchev–Trinajstić information content (AvgIpc) is 3.23. The summed E-state index contributed by atoms with van der Waals surface area (Å²) in [5.41, 5.74) is 2.44. The lowest BCUT2D eigenvalue weighted by Crippen LogP contribution is -2.45. The summed E-state index contributed by atoms with van der Waals surface area (Å²) in [6, 6.07) is 11.3. The normalized spacial score (nSPS) is 20.4. The van der Waals surface area contributed by atoms with E-state index in [-0.39, 0.29) is 30.4 Å². The lowest BCUT2D eigenvalue weighted by Gasteiger charge is -2.36. The maximum atomic E-state index is 12.9. The highest BCUT2D eigenvalue weighted by Gasteiger charge is 2.30. The van der Waals surface area contributed by atoms with E-state index in [1.807, 2.05) is 18.2 Å². The Hall–Kier alpha value is -2.97. The molecule has 3 aromatic rings. The third kappa shape index (κ3) is 4.33. The van der Waals surface area contributed by atoms with Gasteiger partial charge in [0.05, 0.1) is 24.2 Å². The number of nitrogens with zero attached hydrogens (tertiary/aromatic N) is 2. The van der Waals surface area contributed by atoms with E-state index in [1.54, 1.807) is 25.3 Å². The van der Waals surface area contributed by atoms with Crippen molar-refractivity contribution < 1.29 is 19.0 Å². The van der Waals surface area contributed by atoms with Crippen LogP contribution in [0.3, 0.4) is 0 Å². The predicted molar refractivity (Wildman–Crippen MR) is 123 cm³/mol. The molecule has 170 valence electrons. The van der Waals surface area contributed by atoms with E-state index in [2.05, 4.69) is 22.2 Å². The number of hydrogen-bond donors (Lipinski definition) is 2. The zero-order chi connectivity index (χ0) is 21.4. The molecule has 0 bridgehead atoms. The number of aromatic nitrogens is 2. The number of methoxy groups -OCH3 is 1. The van der Waals surface area contributed by atoms with Crippen molar-refractivity contribution in [2.24, 2.45) is 0 Å². The number of ether oxygens (including phenoxy) is 3. The molecule has 1 amide bonds. The zero-order valence-corrected chi connectivity index (χ0v) is 18.9. The number of hydrogen-bond acceptors (Lipinski definition) is 6. The Balaban J connectivity index is 0.00000245. The van der Waals surface area contributed by atoms with Gasteiger partial charge in [0.15, 0.2) is 11.5 Å². The second-order valence-electron chi connectivity index (χ2n) is 8.05. The average molecular weight is 459 g/mol. The van der Waals surface area contributed by atoms with Gasteiger partial charge in [-0.15, -0.1) is 12.4 Å². The SMILES string of the molecule is COc1ccc2nc([C@H]3C[C@H](NC(=O)c4ccc5c(c4)OCCO5)CCN3C)[nH]c2c1.Cl. The van der Waals surface area contributed by atoms with E-state index in [1.165, 1.54) is 0 Å². The van der Waals surface area contributed by atoms with Crippen molar-refractivity contribution >= 4 is 29.3 Å². The number of piperidine rings is 1. The molecule has 2 aromatic carbocycles. The third-order valence-corrected chi connectivity index (χ3v) is 6.03. The van der Waals surface area contributed by atoms with Crippen LogP contribution in [0, 0.1) is 0 Å². The minimum Gasteiger partial charge on any atom is -0.497 e. The number of imidazole rings is 1. The molecule has 0 unspecified atom stereocenters. The summed E-state index contributed by atoms with van der Waals surface area (Å²) in [4.78, 5) is 23.4. The molecule has 32 heavy (non-hydrogen) atoms. The van der Waals surface area contributed by atoms with Gasteiger partial charge in [0.2, 0.25) is 0 Å². The summed E-state index contributed by atoms with van der Waals surface area (Å²) in [6.45, 7) is 1.90. The van der Waals surface area contributed by atoms with Crippen LogP contribution in [0.1, 0.15) is 35.1 Å². The Morgan fingerprint density at radius 3 is 2.81 bits per heavy atom. The summed E-state index contributed by atoms with van der Waals surface area (Å²) in [6.07, 6.45) is 1.67. The van der Waals surface area contributed by atoms with Crippen LogP contribution in [0.2, 0.25) is 0 Å². The fourth-order valence-corrected chi connectivity index (χ4v) is 4.28. The van der Waals surface area contributed by atoms with Gasteiger partial charge in [0, 0.05) is 24.2 Å². The molecule has 8 nitrogen and oxygen atoms in total. The molecular formula is C23H27ClN4O4. The monoisotopic (exact) mass is 458 g/mol. The standard InChI is InChI=1S/C23H26N4O4.ClH/c1-27-8-7-15(24-23(28)14-3-6-20-21(11-14)31-10-9-30-20)12-19(27)22-25-17-5-4-16(29-2)13-18(17)26-22;/h3-6,11,13,15,19H,7-10,12H2,1-2H3,(H,24,28)(H,25,26);1H/t15-,19-;/m1./s1. The van der Waals surface area contributed by atoms with E-state index in [9.17, 15) is 4.79 Å². The first-order valence-corrected chi connectivity index (χ1v) is 10.5. The fraction of sp³-hybridized carbons (Fsp3) is 0.391. The summed E-state index contributed by atoms with van der Waals surface area (Å²) < 4.78 is 16.5. The molecule has 1 fully saturated rings. The van der Waals surface area contributed by atoms with Crippen LogP contribution in [0.25, 0.3) is 11.0 Å². The molecule has 2 N–H and O–H groups in total. The highest BCUT2D eigenvalue weighted by Crippen LogP contribution is 2.32. The van der Waals surface area contributed by atoms with E-state index in [0.717, 1.165) is 42.0 Å². The largest absolute Gasteiger partial charge is 0.497 e. The van der Waals surface area contributed by atoms with Gasteiger partial charge in [0.25, 0.3) is 5.91 Å². The second kappa shape index (κ2) is 9.26. The minimum atomic E-state index is -0.0976. The molecule has 2 aliphatic heterocycles. The number of benzene rings is 2. The van der Waals surface area contributed by atoms with Crippen LogP contribution in [-0.4, -0.2) is 60.7 Å². The molecule has 0 aliphatic carbocycles. The van der Waals surface area contributed by atoms with Crippen molar-refractivity contribution in [3.05, 3.63) is 47.8 Å². The number of amides is 1. The number of nitrogens with one attached hydrogen (secondary N) is 2. The van der Waals surface area contributed by atoms with Gasteiger partial charge in [-0.1, -0.05) is 0 Å². The van der Waals surface area contributed by atoms with Gasteiger partial charge in [-0.2, -0.15) is 0 Å². The first-order chi connectivity index (χ1) is 15.1. The lowest BCUT2D eigenvalue weighted by atomic mass is 9.96. The Labute approximate surface area is 192 Å². The number of carbonyl (C=O) groups is 1. The molecule has 0 saturated carbocycles. The zero-order valence-electron chi connectivity index (χ0n) is 18.1. The van der Waals surface area contributed by atoms with E-state index in [4.69, 9.17) is 19.2 Å². The van der Waals surface area contributed by atoms with Gasteiger partial charge < -0.3 is 24.5 Å². The highest BCUT2D eigenvalue weighted by molar-refractivity contribution is 5.95. The minimum absolute atomic E-state index is 0. The second-order valence-corrected chi connectivity index (χ2v) is 8.05. The van der Waals surface area contributed by atoms with Crippen LogP contribution in [0.4, 0.5) is 0 Å². The number of halogens is 1. The predicted octanol–water partition coefficient (Wildman–Crippen LogP) is 3.33. The van der Waals surface area contributed by atoms with E-state index < -0.39 is 0 Å². The van der Waals surface area contributed by atoms with Gasteiger partial charge in [-0.3, -0.25) is 9.69 Å². The number of rotatable bonds is 4. The number of likely N-dealkylation sites (tertiary alicyclic amines) is 1. The van der Waals surface area contributed by atoms with Crippen molar-refractivity contribution in [2.45, 2.75) is 24.9 Å². The number of carbonyl (C=O) groups excluding carboxylic acids is 1. The number of aromatic amines is 1. The first-order valence-electron chi connectivity index (χ1n) is 10.5. The van der Waals surface area contributed by atoms with Gasteiger partial charge in [0.1, 0.15) is 24.8 Å². The highest BCUT2D eigenvalue weighted by atomic mass is 35.5. The smallest absolute Gasteiger partial charge is 0.251 e. The lowest BCUT2D eigenvalue weighted by molar-refractivity contribution is 0.0883. The fourth-order valence-electron chi connectivity index (χ4n) is 4.28. The van der Waals surface area contributed by atoms with Crippen LogP contribution in [-0.2, 0) is 0 Å². The maximum absolute atomic E-state index is 12.9. The molecule has 5 rings (SSSR count). The van der Waals surface area contributed by atoms with Crippen LogP contribution >= 0.6 is 12.4 Å². The molecule has 0 spiro atoms. The van der Waals surface area contributed by atoms with Gasteiger partial charge in [-0.05, 0) is 50.2 Å². The van der Waals surface area contributed by atoms with E-state index in [0.29, 0.717) is 30.3 Å². The summed E-state index contributed by atoms with van der Waals surface area (Å²) in [7, 11) is 3.75. The Kier molecular flexibility index (Phi) is 6.43. The molecule has 9 heteroatoms. The summed E-state index contributed by atoms with van der Waals surface area (Å²) >= 11 is 0. The van der Waals surface area contributed by atoms with E-state index >= 15 is 0 Å². The molecule has 2 aliphatic rings. The van der Waals surface area contributed by atoms with Crippen molar-refractivity contribution in [3.8, 4) is 17.2 Å². The van der Waals surface area contributed by atoms with Crippen molar-refractivity contribution in [1.29, 1.82) is 0 Å². The summed E-state index contributed by atoms with van der Waals surface area (Å²) in [5, 5.41) is 3.19. The molecule has 3 heterocycles. The Morgan fingerprint density at radius 1 is 1.19 bits per heavy atom. The maximum Gasteiger partial charge on any atom is 0.251 e. The van der Waals surface area contributed by atoms with Crippen molar-refractivity contribution in [1.82, 2.24) is 20.2 Å². The number of fused-ring (bicyclic) bond motifs is 2. The van der Waals surface area contributed by atoms with Crippen molar-refractivity contribution in [3.63, 3.8) is 0 Å². The molecule has 2 atom stereocenters. The Morgan fingerprint density at radius 2 is 2.00 bits per heavy atom. The summed E-state index contributed by atoms with van der Waals surface area (Å²) in [5.74, 6) is 2.91. The van der Waals surface area contributed by atoms with Crippen LogP contribution < -0.4 is 19.5 Å². The Bertz CT molecular complexity index is 1120. The quantitative estimate of drug-likeness (QED) is 0.623. The van der Waals surface area contributed by atoms with Gasteiger partial charge in [-0.25, -0.2) is 4.98 Å². The topological polar surface area (TPSA) is 88.7 Å². The molecule has 1 saturated heterocycles. The van der Waals surface area contributed by atoms with Crippen LogP contribution in [0.5, 0.6) is 17.2 Å². The van der Waals surface area contributed by atoms with Crippen molar-refractivity contribution in [2.75, 3.05) is 33.9 Å². The van der Waals surface area contributed by atoms with Gasteiger partial charge >= 0.3 is 0 Å². The number of H-pyrrole nitrogens is 1.